The van der Waals surface area contributed by atoms with E-state index in [1.54, 1.807) is 0 Å². The van der Waals surface area contributed by atoms with E-state index in [-0.39, 0.29) is 5.54 Å². The molecule has 0 radical (unpaired) electrons. The fourth-order valence-corrected chi connectivity index (χ4v) is 3.29. The number of halogens is 2. The van der Waals surface area contributed by atoms with E-state index in [1.807, 2.05) is 18.2 Å². The molecule has 3 heteroatoms. The molecule has 1 aliphatic carbocycles. The standard InChI is InChI=1S/C15H21Cl2N/c1-2-11-6-8-15(18,9-7-11)10-12-4-3-5-13(16)14(12)17/h3-5,11H,2,6-10,18H2,1H3. The van der Waals surface area contributed by atoms with Crippen LogP contribution in [0.1, 0.15) is 44.6 Å². The molecule has 0 amide bonds. The molecule has 1 aromatic rings. The first-order valence-corrected chi connectivity index (χ1v) is 7.51. The Kier molecular flexibility index (Phi) is 4.58. The maximum atomic E-state index is 6.53. The van der Waals surface area contributed by atoms with Gasteiger partial charge in [-0.2, -0.15) is 0 Å². The average molecular weight is 286 g/mol. The monoisotopic (exact) mass is 285 g/mol. The van der Waals surface area contributed by atoms with E-state index in [1.165, 1.54) is 19.3 Å². The second-order valence-electron chi connectivity index (χ2n) is 5.60. The molecule has 18 heavy (non-hydrogen) atoms. The van der Waals surface area contributed by atoms with Gasteiger partial charge in [0.1, 0.15) is 0 Å². The molecular weight excluding hydrogens is 265 g/mol. The molecule has 1 fully saturated rings. The van der Waals surface area contributed by atoms with Gasteiger partial charge in [0.2, 0.25) is 0 Å². The maximum Gasteiger partial charge on any atom is 0.0624 e. The Labute approximate surface area is 120 Å². The molecular formula is C15H21Cl2N. The molecule has 0 aromatic heterocycles. The van der Waals surface area contributed by atoms with Crippen molar-refractivity contribution in [2.75, 3.05) is 0 Å². The lowest BCUT2D eigenvalue weighted by Gasteiger charge is -2.37. The summed E-state index contributed by atoms with van der Waals surface area (Å²) in [6, 6.07) is 5.81. The fourth-order valence-electron chi connectivity index (χ4n) is 2.90. The van der Waals surface area contributed by atoms with Crippen LogP contribution in [-0.4, -0.2) is 5.54 Å². The van der Waals surface area contributed by atoms with Crippen molar-refractivity contribution in [1.29, 1.82) is 0 Å². The van der Waals surface area contributed by atoms with Gasteiger partial charge in [0.25, 0.3) is 0 Å². The molecule has 0 bridgehead atoms. The molecule has 1 aromatic carbocycles. The van der Waals surface area contributed by atoms with Crippen LogP contribution in [0.4, 0.5) is 0 Å². The number of rotatable bonds is 3. The summed E-state index contributed by atoms with van der Waals surface area (Å²) in [5.74, 6) is 0.858. The summed E-state index contributed by atoms with van der Waals surface area (Å²) in [6.45, 7) is 2.27. The second kappa shape index (κ2) is 5.81. The first kappa shape index (κ1) is 14.2. The van der Waals surface area contributed by atoms with Crippen molar-refractivity contribution in [2.24, 2.45) is 11.7 Å². The molecule has 0 aliphatic heterocycles. The molecule has 0 unspecified atom stereocenters. The summed E-state index contributed by atoms with van der Waals surface area (Å²) in [7, 11) is 0. The number of nitrogens with two attached hydrogens (primary N) is 1. The normalized spacial score (nSPS) is 28.3. The summed E-state index contributed by atoms with van der Waals surface area (Å²) in [6.07, 6.45) is 6.77. The molecule has 1 saturated carbocycles. The Balaban J connectivity index is 2.07. The van der Waals surface area contributed by atoms with Gasteiger partial charge in [-0.05, 0) is 49.7 Å². The zero-order chi connectivity index (χ0) is 13.2. The van der Waals surface area contributed by atoms with Gasteiger partial charge in [-0.25, -0.2) is 0 Å². The highest BCUT2D eigenvalue weighted by Crippen LogP contribution is 2.36. The third-order valence-corrected chi connectivity index (χ3v) is 5.11. The van der Waals surface area contributed by atoms with Crippen molar-refractivity contribution < 1.29 is 0 Å². The second-order valence-corrected chi connectivity index (χ2v) is 6.39. The summed E-state index contributed by atoms with van der Waals surface area (Å²) in [5.41, 5.74) is 7.51. The van der Waals surface area contributed by atoms with Gasteiger partial charge >= 0.3 is 0 Å². The number of benzene rings is 1. The van der Waals surface area contributed by atoms with Crippen molar-refractivity contribution in [3.8, 4) is 0 Å². The SMILES string of the molecule is CCC1CCC(N)(Cc2cccc(Cl)c2Cl)CC1. The zero-order valence-electron chi connectivity index (χ0n) is 10.9. The third-order valence-electron chi connectivity index (χ3n) is 4.25. The summed E-state index contributed by atoms with van der Waals surface area (Å²) >= 11 is 12.3. The summed E-state index contributed by atoms with van der Waals surface area (Å²) in [4.78, 5) is 0. The molecule has 0 atom stereocenters. The third kappa shape index (κ3) is 3.20. The predicted octanol–water partition coefficient (Wildman–Crippen LogP) is 4.83. The first-order valence-electron chi connectivity index (χ1n) is 6.76. The van der Waals surface area contributed by atoms with Crippen molar-refractivity contribution in [1.82, 2.24) is 0 Å². The van der Waals surface area contributed by atoms with Crippen LogP contribution in [0.2, 0.25) is 10.0 Å². The summed E-state index contributed by atoms with van der Waals surface area (Å²) < 4.78 is 0. The maximum absolute atomic E-state index is 6.53. The quantitative estimate of drug-likeness (QED) is 0.845. The van der Waals surface area contributed by atoms with Crippen LogP contribution >= 0.6 is 23.2 Å². The van der Waals surface area contributed by atoms with Gasteiger partial charge in [0.15, 0.2) is 0 Å². The van der Waals surface area contributed by atoms with Gasteiger partial charge in [-0.3, -0.25) is 0 Å². The highest BCUT2D eigenvalue weighted by atomic mass is 35.5. The Morgan fingerprint density at radius 3 is 2.56 bits per heavy atom. The molecule has 2 N–H and O–H groups in total. The van der Waals surface area contributed by atoms with Gasteiger partial charge in [-0.15, -0.1) is 0 Å². The Bertz CT molecular complexity index is 409. The number of hydrogen-bond donors (Lipinski definition) is 1. The van der Waals surface area contributed by atoms with Crippen LogP contribution in [0.5, 0.6) is 0 Å². The van der Waals surface area contributed by atoms with E-state index in [0.717, 1.165) is 30.7 Å². The minimum absolute atomic E-state index is 0.0972. The van der Waals surface area contributed by atoms with Crippen LogP contribution in [0.15, 0.2) is 18.2 Å². The van der Waals surface area contributed by atoms with Gasteiger partial charge < -0.3 is 5.73 Å². The van der Waals surface area contributed by atoms with E-state index < -0.39 is 0 Å². The van der Waals surface area contributed by atoms with E-state index in [9.17, 15) is 0 Å². The van der Waals surface area contributed by atoms with Crippen molar-refractivity contribution >= 4 is 23.2 Å². The lowest BCUT2D eigenvalue weighted by Crippen LogP contribution is -2.45. The molecule has 0 heterocycles. The van der Waals surface area contributed by atoms with Crippen LogP contribution in [0, 0.1) is 5.92 Å². The first-order chi connectivity index (χ1) is 8.54. The zero-order valence-corrected chi connectivity index (χ0v) is 12.4. The van der Waals surface area contributed by atoms with Crippen LogP contribution in [0.25, 0.3) is 0 Å². The lowest BCUT2D eigenvalue weighted by atomic mass is 9.73. The van der Waals surface area contributed by atoms with Gasteiger partial charge in [0.05, 0.1) is 10.0 Å². The smallest absolute Gasteiger partial charge is 0.0624 e. The fraction of sp³-hybridized carbons (Fsp3) is 0.600. The Hall–Kier alpha value is -0.240. The topological polar surface area (TPSA) is 26.0 Å². The molecule has 1 aliphatic rings. The van der Waals surface area contributed by atoms with E-state index in [2.05, 4.69) is 6.92 Å². The highest BCUT2D eigenvalue weighted by Gasteiger charge is 2.31. The van der Waals surface area contributed by atoms with Crippen LogP contribution < -0.4 is 5.73 Å². The predicted molar refractivity (Wildman–Crippen MR) is 79.3 cm³/mol. The highest BCUT2D eigenvalue weighted by molar-refractivity contribution is 6.42. The number of hydrogen-bond acceptors (Lipinski definition) is 1. The lowest BCUT2D eigenvalue weighted by molar-refractivity contribution is 0.228. The van der Waals surface area contributed by atoms with E-state index in [4.69, 9.17) is 28.9 Å². The van der Waals surface area contributed by atoms with Crippen LogP contribution in [0.3, 0.4) is 0 Å². The van der Waals surface area contributed by atoms with Gasteiger partial charge in [0, 0.05) is 5.54 Å². The molecule has 100 valence electrons. The molecule has 2 rings (SSSR count). The molecule has 0 spiro atoms. The summed E-state index contributed by atoms with van der Waals surface area (Å²) in [5, 5.41) is 1.29. The average Bonchev–Trinajstić information content (AvgIpc) is 2.36. The minimum atomic E-state index is -0.0972. The van der Waals surface area contributed by atoms with Gasteiger partial charge in [-0.1, -0.05) is 48.7 Å². The largest absolute Gasteiger partial charge is 0.325 e. The van der Waals surface area contributed by atoms with Crippen molar-refractivity contribution in [3.05, 3.63) is 33.8 Å². The Morgan fingerprint density at radius 1 is 1.28 bits per heavy atom. The molecule has 1 nitrogen and oxygen atoms in total. The van der Waals surface area contributed by atoms with Crippen molar-refractivity contribution in [2.45, 2.75) is 51.0 Å². The molecule has 0 saturated heterocycles. The van der Waals surface area contributed by atoms with Crippen molar-refractivity contribution in [3.63, 3.8) is 0 Å². The van der Waals surface area contributed by atoms with Crippen LogP contribution in [-0.2, 0) is 6.42 Å². The Morgan fingerprint density at radius 2 is 1.94 bits per heavy atom. The van der Waals surface area contributed by atoms with E-state index >= 15 is 0 Å². The minimum Gasteiger partial charge on any atom is -0.325 e. The van der Waals surface area contributed by atoms with E-state index in [0.29, 0.717) is 10.0 Å².